The van der Waals surface area contributed by atoms with Crippen LogP contribution in [0, 0.1) is 6.92 Å². The minimum Gasteiger partial charge on any atom is -0.487 e. The Labute approximate surface area is 177 Å². The van der Waals surface area contributed by atoms with E-state index in [-0.39, 0.29) is 5.41 Å². The summed E-state index contributed by atoms with van der Waals surface area (Å²) in [6.45, 7) is 6.98. The second-order valence-electron chi connectivity index (χ2n) is 8.05. The predicted octanol–water partition coefficient (Wildman–Crippen LogP) is 5.09. The lowest BCUT2D eigenvalue weighted by Gasteiger charge is -2.26. The molecule has 0 unspecified atom stereocenters. The number of nitrogens with zero attached hydrogens (tertiary/aromatic N) is 4. The normalized spacial score (nSPS) is 11.5. The van der Waals surface area contributed by atoms with E-state index in [1.165, 1.54) is 16.7 Å². The molecule has 2 aromatic carbocycles. The molecule has 0 fully saturated rings. The van der Waals surface area contributed by atoms with Crippen molar-refractivity contribution >= 4 is 0 Å². The monoisotopic (exact) mass is 398 g/mol. The van der Waals surface area contributed by atoms with Gasteiger partial charge in [-0.15, -0.1) is 0 Å². The summed E-state index contributed by atoms with van der Waals surface area (Å²) in [7, 11) is 1.88. The maximum Gasteiger partial charge on any atom is 0.180 e. The van der Waals surface area contributed by atoms with E-state index in [4.69, 9.17) is 4.74 Å². The van der Waals surface area contributed by atoms with Crippen LogP contribution in [0.1, 0.15) is 36.2 Å². The van der Waals surface area contributed by atoms with E-state index in [2.05, 4.69) is 72.2 Å². The molecule has 4 aromatic rings. The van der Waals surface area contributed by atoms with Crippen molar-refractivity contribution in [3.8, 4) is 17.3 Å². The van der Waals surface area contributed by atoms with Crippen molar-refractivity contribution in [3.63, 3.8) is 0 Å². The van der Waals surface area contributed by atoms with E-state index in [1.807, 2.05) is 37.5 Å². The Morgan fingerprint density at radius 1 is 0.900 bits per heavy atom. The lowest BCUT2D eigenvalue weighted by atomic mass is 9.78. The second kappa shape index (κ2) is 8.11. The number of hydrogen-bond acceptors (Lipinski definition) is 4. The zero-order valence-corrected chi connectivity index (χ0v) is 17.8. The molecule has 30 heavy (non-hydrogen) atoms. The lowest BCUT2D eigenvalue weighted by molar-refractivity contribution is 0.301. The van der Waals surface area contributed by atoms with Gasteiger partial charge in [-0.3, -0.25) is 4.68 Å². The van der Waals surface area contributed by atoms with Gasteiger partial charge in [-0.25, -0.2) is 9.97 Å². The molecule has 0 spiro atoms. The highest BCUT2D eigenvalue weighted by Crippen LogP contribution is 2.32. The lowest BCUT2D eigenvalue weighted by Crippen LogP contribution is -2.18. The smallest absolute Gasteiger partial charge is 0.180 e. The summed E-state index contributed by atoms with van der Waals surface area (Å²) in [5, 5.41) is 4.35. The standard InChI is InChI=1S/C25H26N4O/c1-18-5-7-19(8-6-18)25(2,3)20-9-11-22(12-10-20)30-17-21-13-15-26-24(27-21)23-14-16-29(4)28-23/h5-16H,17H2,1-4H3. The molecule has 0 aliphatic rings. The van der Waals surface area contributed by atoms with E-state index in [0.717, 1.165) is 17.1 Å². The number of rotatable bonds is 6. The van der Waals surface area contributed by atoms with Gasteiger partial charge in [-0.1, -0.05) is 55.8 Å². The van der Waals surface area contributed by atoms with Crippen molar-refractivity contribution in [1.82, 2.24) is 19.7 Å². The summed E-state index contributed by atoms with van der Waals surface area (Å²) in [5.41, 5.74) is 5.31. The Bertz CT molecular complexity index is 1130. The number of aryl methyl sites for hydroxylation is 2. The fourth-order valence-electron chi connectivity index (χ4n) is 3.40. The second-order valence-corrected chi connectivity index (χ2v) is 8.05. The molecule has 0 radical (unpaired) electrons. The molecule has 0 aliphatic carbocycles. The molecule has 0 N–H and O–H groups in total. The maximum atomic E-state index is 5.96. The average Bonchev–Trinajstić information content (AvgIpc) is 3.19. The van der Waals surface area contributed by atoms with E-state index < -0.39 is 0 Å². The molecule has 0 aliphatic heterocycles. The van der Waals surface area contributed by atoms with E-state index in [9.17, 15) is 0 Å². The van der Waals surface area contributed by atoms with Gasteiger partial charge < -0.3 is 4.74 Å². The minimum absolute atomic E-state index is 0.0729. The largest absolute Gasteiger partial charge is 0.487 e. The quantitative estimate of drug-likeness (QED) is 0.454. The summed E-state index contributed by atoms with van der Waals surface area (Å²) in [6, 6.07) is 20.8. The number of benzene rings is 2. The van der Waals surface area contributed by atoms with E-state index >= 15 is 0 Å². The summed E-state index contributed by atoms with van der Waals surface area (Å²) >= 11 is 0. The van der Waals surface area contributed by atoms with Crippen LogP contribution in [-0.4, -0.2) is 19.7 Å². The molecular weight excluding hydrogens is 372 g/mol. The number of aromatic nitrogens is 4. The van der Waals surface area contributed by atoms with Crippen LogP contribution < -0.4 is 4.74 Å². The SMILES string of the molecule is Cc1ccc(C(C)(C)c2ccc(OCc3ccnc(-c4ccn(C)n4)n3)cc2)cc1. The van der Waals surface area contributed by atoms with Gasteiger partial charge in [0.2, 0.25) is 0 Å². The molecule has 4 rings (SSSR count). The zero-order valence-electron chi connectivity index (χ0n) is 17.8. The van der Waals surface area contributed by atoms with E-state index in [1.54, 1.807) is 10.9 Å². The van der Waals surface area contributed by atoms with Gasteiger partial charge in [0.05, 0.1) is 5.69 Å². The van der Waals surface area contributed by atoms with Crippen LogP contribution in [0.3, 0.4) is 0 Å². The first-order valence-corrected chi connectivity index (χ1v) is 10.0. The first-order valence-electron chi connectivity index (χ1n) is 10.0. The molecule has 2 heterocycles. The third-order valence-electron chi connectivity index (χ3n) is 5.39. The Morgan fingerprint density at radius 3 is 2.20 bits per heavy atom. The van der Waals surface area contributed by atoms with Crippen LogP contribution in [0.25, 0.3) is 11.5 Å². The Hall–Kier alpha value is -3.47. The van der Waals surface area contributed by atoms with Gasteiger partial charge in [-0.2, -0.15) is 5.10 Å². The van der Waals surface area contributed by atoms with Crippen molar-refractivity contribution in [2.45, 2.75) is 32.8 Å². The highest BCUT2D eigenvalue weighted by Gasteiger charge is 2.22. The van der Waals surface area contributed by atoms with Gasteiger partial charge in [0.15, 0.2) is 5.82 Å². The molecule has 5 nitrogen and oxygen atoms in total. The summed E-state index contributed by atoms with van der Waals surface area (Å²) in [6.07, 6.45) is 3.62. The number of hydrogen-bond donors (Lipinski definition) is 0. The molecule has 0 saturated heterocycles. The third-order valence-corrected chi connectivity index (χ3v) is 5.39. The van der Waals surface area contributed by atoms with Gasteiger partial charge in [0.25, 0.3) is 0 Å². The Morgan fingerprint density at radius 2 is 1.57 bits per heavy atom. The van der Waals surface area contributed by atoms with Gasteiger partial charge in [0.1, 0.15) is 18.1 Å². The van der Waals surface area contributed by atoms with Crippen molar-refractivity contribution in [2.75, 3.05) is 0 Å². The van der Waals surface area contributed by atoms with Gasteiger partial charge in [-0.05, 0) is 42.3 Å². The molecule has 152 valence electrons. The first kappa shape index (κ1) is 19.8. The third kappa shape index (κ3) is 4.25. The molecule has 0 atom stereocenters. The van der Waals surface area contributed by atoms with E-state index in [0.29, 0.717) is 12.4 Å². The molecule has 0 amide bonds. The highest BCUT2D eigenvalue weighted by molar-refractivity contribution is 5.47. The predicted molar refractivity (Wildman–Crippen MR) is 118 cm³/mol. The van der Waals surface area contributed by atoms with Crippen molar-refractivity contribution in [2.24, 2.45) is 7.05 Å². The topological polar surface area (TPSA) is 52.8 Å². The van der Waals surface area contributed by atoms with Crippen LogP contribution in [0.4, 0.5) is 0 Å². The van der Waals surface area contributed by atoms with Crippen molar-refractivity contribution < 1.29 is 4.74 Å². The van der Waals surface area contributed by atoms with Crippen molar-refractivity contribution in [3.05, 3.63) is 95.4 Å². The van der Waals surface area contributed by atoms with Crippen LogP contribution in [0.2, 0.25) is 0 Å². The summed E-state index contributed by atoms with van der Waals surface area (Å²) < 4.78 is 7.70. The zero-order chi connectivity index (χ0) is 21.1. The Balaban J connectivity index is 1.45. The van der Waals surface area contributed by atoms with Crippen molar-refractivity contribution in [1.29, 1.82) is 0 Å². The van der Waals surface area contributed by atoms with Gasteiger partial charge in [0, 0.05) is 24.9 Å². The van der Waals surface area contributed by atoms with Crippen LogP contribution >= 0.6 is 0 Å². The summed E-state index contributed by atoms with van der Waals surface area (Å²) in [5.74, 6) is 1.42. The first-order chi connectivity index (χ1) is 14.4. The Kier molecular flexibility index (Phi) is 5.36. The maximum absolute atomic E-state index is 5.96. The molecule has 5 heteroatoms. The molecule has 0 bridgehead atoms. The fourth-order valence-corrected chi connectivity index (χ4v) is 3.40. The average molecular weight is 399 g/mol. The fraction of sp³-hybridized carbons (Fsp3) is 0.240. The molecule has 0 saturated carbocycles. The van der Waals surface area contributed by atoms with Gasteiger partial charge >= 0.3 is 0 Å². The van der Waals surface area contributed by atoms with Crippen LogP contribution in [0.15, 0.2) is 73.1 Å². The number of ether oxygens (including phenoxy) is 1. The summed E-state index contributed by atoms with van der Waals surface area (Å²) in [4.78, 5) is 8.87. The molecule has 2 aromatic heterocycles. The van der Waals surface area contributed by atoms with Crippen LogP contribution in [-0.2, 0) is 19.1 Å². The van der Waals surface area contributed by atoms with Crippen LogP contribution in [0.5, 0.6) is 5.75 Å². The minimum atomic E-state index is -0.0729. The molecular formula is C25H26N4O. The highest BCUT2D eigenvalue weighted by atomic mass is 16.5.